The molecule has 112 valence electrons. The third-order valence-corrected chi connectivity index (χ3v) is 3.18. The van der Waals surface area contributed by atoms with Gasteiger partial charge in [-0.3, -0.25) is 0 Å². The minimum atomic E-state index is -4.42. The molecule has 2 rings (SSSR count). The second-order valence-electron chi connectivity index (χ2n) is 4.26. The van der Waals surface area contributed by atoms with Crippen molar-refractivity contribution in [3.05, 3.63) is 40.7 Å². The fraction of sp³-hybridized carbons (Fsp3) is 0.231. The van der Waals surface area contributed by atoms with Gasteiger partial charge in [-0.05, 0) is 25.1 Å². The van der Waals surface area contributed by atoms with E-state index in [2.05, 4.69) is 20.6 Å². The molecule has 0 aliphatic rings. The fourth-order valence-electron chi connectivity index (χ4n) is 1.75. The maximum Gasteiger partial charge on any atom is 0.416 e. The third kappa shape index (κ3) is 3.36. The van der Waals surface area contributed by atoms with Crippen LogP contribution < -0.4 is 10.6 Å². The Morgan fingerprint density at radius 1 is 1.14 bits per heavy atom. The molecule has 4 nitrogen and oxygen atoms in total. The van der Waals surface area contributed by atoms with E-state index in [4.69, 9.17) is 11.6 Å². The maximum atomic E-state index is 12.6. The van der Waals surface area contributed by atoms with E-state index in [-0.39, 0.29) is 5.02 Å². The first-order valence-corrected chi connectivity index (χ1v) is 6.34. The predicted molar refractivity (Wildman–Crippen MR) is 76.1 cm³/mol. The Hall–Kier alpha value is -2.02. The van der Waals surface area contributed by atoms with E-state index in [1.165, 1.54) is 12.4 Å². The van der Waals surface area contributed by atoms with Gasteiger partial charge < -0.3 is 10.6 Å². The summed E-state index contributed by atoms with van der Waals surface area (Å²) in [4.78, 5) is 8.08. The zero-order valence-corrected chi connectivity index (χ0v) is 12.0. The highest BCUT2D eigenvalue weighted by Gasteiger charge is 2.30. The highest BCUT2D eigenvalue weighted by molar-refractivity contribution is 6.33. The van der Waals surface area contributed by atoms with Gasteiger partial charge in [0.25, 0.3) is 0 Å². The molecule has 0 aliphatic heterocycles. The van der Waals surface area contributed by atoms with Gasteiger partial charge in [-0.1, -0.05) is 11.6 Å². The second kappa shape index (κ2) is 5.77. The van der Waals surface area contributed by atoms with Gasteiger partial charge in [0, 0.05) is 12.6 Å². The van der Waals surface area contributed by atoms with Crippen molar-refractivity contribution < 1.29 is 13.2 Å². The van der Waals surface area contributed by atoms with Crippen molar-refractivity contribution >= 4 is 28.9 Å². The lowest BCUT2D eigenvalue weighted by atomic mass is 10.2. The van der Waals surface area contributed by atoms with E-state index in [0.717, 1.165) is 17.7 Å². The molecule has 0 unspecified atom stereocenters. The molecule has 1 aromatic carbocycles. The Balaban J connectivity index is 2.33. The molecule has 2 aromatic rings. The zero-order valence-electron chi connectivity index (χ0n) is 11.2. The van der Waals surface area contributed by atoms with Crippen LogP contribution in [0.2, 0.25) is 5.02 Å². The lowest BCUT2D eigenvalue weighted by Gasteiger charge is -2.13. The summed E-state index contributed by atoms with van der Waals surface area (Å²) in [6.07, 6.45) is -3.08. The summed E-state index contributed by atoms with van der Waals surface area (Å²) in [7, 11) is 1.71. The number of halogens is 4. The van der Waals surface area contributed by atoms with Crippen molar-refractivity contribution in [1.29, 1.82) is 0 Å². The maximum absolute atomic E-state index is 12.6. The van der Waals surface area contributed by atoms with Crippen molar-refractivity contribution in [2.75, 3.05) is 17.7 Å². The highest BCUT2D eigenvalue weighted by Crippen LogP contribution is 2.35. The predicted octanol–water partition coefficient (Wildman–Crippen LogP) is 4.24. The van der Waals surface area contributed by atoms with Gasteiger partial charge in [0.2, 0.25) is 0 Å². The van der Waals surface area contributed by atoms with E-state index in [1.807, 2.05) is 0 Å². The highest BCUT2D eigenvalue weighted by atomic mass is 35.5. The Kier molecular flexibility index (Phi) is 4.22. The van der Waals surface area contributed by atoms with Crippen LogP contribution >= 0.6 is 11.6 Å². The number of alkyl halides is 3. The Bertz CT molecular complexity index is 658. The SMILES string of the molecule is CNc1ncnc(Nc2ccc(C(F)(F)F)cc2Cl)c1C. The largest absolute Gasteiger partial charge is 0.416 e. The van der Waals surface area contributed by atoms with Crippen molar-refractivity contribution in [2.45, 2.75) is 13.1 Å². The summed E-state index contributed by atoms with van der Waals surface area (Å²) < 4.78 is 37.7. The number of hydrogen-bond acceptors (Lipinski definition) is 4. The molecule has 2 N–H and O–H groups in total. The molecule has 0 atom stereocenters. The monoisotopic (exact) mass is 316 g/mol. The molecule has 0 bridgehead atoms. The van der Waals surface area contributed by atoms with Gasteiger partial charge in [-0.15, -0.1) is 0 Å². The number of nitrogens with one attached hydrogen (secondary N) is 2. The Morgan fingerprint density at radius 3 is 2.38 bits per heavy atom. The molecule has 0 saturated carbocycles. The van der Waals surface area contributed by atoms with Gasteiger partial charge in [0.05, 0.1) is 16.3 Å². The minimum Gasteiger partial charge on any atom is -0.373 e. The van der Waals surface area contributed by atoms with Crippen LogP contribution in [-0.2, 0) is 6.18 Å². The second-order valence-corrected chi connectivity index (χ2v) is 4.67. The van der Waals surface area contributed by atoms with Gasteiger partial charge in [0.1, 0.15) is 18.0 Å². The molecule has 0 amide bonds. The summed E-state index contributed by atoms with van der Waals surface area (Å²) in [5.41, 5.74) is 0.276. The molecule has 0 radical (unpaired) electrons. The summed E-state index contributed by atoms with van der Waals surface area (Å²) >= 11 is 5.89. The smallest absolute Gasteiger partial charge is 0.373 e. The number of aromatic nitrogens is 2. The van der Waals surface area contributed by atoms with Gasteiger partial charge in [-0.25, -0.2) is 9.97 Å². The summed E-state index contributed by atoms with van der Waals surface area (Å²) in [5.74, 6) is 1.09. The molecule has 21 heavy (non-hydrogen) atoms. The van der Waals surface area contributed by atoms with Crippen molar-refractivity contribution in [3.63, 3.8) is 0 Å². The standard InChI is InChI=1S/C13H12ClF3N4/c1-7-11(18-2)19-6-20-12(7)21-10-4-3-8(5-9(10)14)13(15,16)17/h3-6H,1-2H3,(H2,18,19,20,21). The quantitative estimate of drug-likeness (QED) is 0.889. The number of hydrogen-bond donors (Lipinski definition) is 2. The van der Waals surface area contributed by atoms with Crippen LogP contribution in [0.15, 0.2) is 24.5 Å². The number of anilines is 3. The number of benzene rings is 1. The molecular formula is C13H12ClF3N4. The van der Waals surface area contributed by atoms with Gasteiger partial charge >= 0.3 is 6.18 Å². The zero-order chi connectivity index (χ0) is 15.6. The summed E-state index contributed by atoms with van der Waals surface area (Å²) in [6, 6.07) is 3.11. The molecule has 1 aromatic heterocycles. The average molecular weight is 317 g/mol. The summed E-state index contributed by atoms with van der Waals surface area (Å²) in [5, 5.41) is 5.76. The molecule has 0 spiro atoms. The lowest BCUT2D eigenvalue weighted by Crippen LogP contribution is -2.06. The topological polar surface area (TPSA) is 49.8 Å². The van der Waals surface area contributed by atoms with Crippen LogP contribution in [0, 0.1) is 6.92 Å². The first kappa shape index (κ1) is 15.4. The first-order chi connectivity index (χ1) is 9.82. The van der Waals surface area contributed by atoms with Gasteiger partial charge in [0.15, 0.2) is 0 Å². The summed E-state index contributed by atoms with van der Waals surface area (Å²) in [6.45, 7) is 1.78. The van der Waals surface area contributed by atoms with Crippen LogP contribution in [0.5, 0.6) is 0 Å². The normalized spacial score (nSPS) is 11.3. The van der Waals surface area contributed by atoms with E-state index in [0.29, 0.717) is 17.3 Å². The van der Waals surface area contributed by atoms with Crippen LogP contribution in [0.4, 0.5) is 30.5 Å². The minimum absolute atomic E-state index is 0.0335. The Labute approximate surface area is 124 Å². The van der Waals surface area contributed by atoms with Crippen LogP contribution in [0.25, 0.3) is 0 Å². The van der Waals surface area contributed by atoms with Crippen LogP contribution in [-0.4, -0.2) is 17.0 Å². The molecule has 1 heterocycles. The molecular weight excluding hydrogens is 305 g/mol. The van der Waals surface area contributed by atoms with E-state index in [1.54, 1.807) is 14.0 Å². The van der Waals surface area contributed by atoms with Crippen molar-refractivity contribution in [2.24, 2.45) is 0 Å². The number of nitrogens with zero attached hydrogens (tertiary/aromatic N) is 2. The lowest BCUT2D eigenvalue weighted by molar-refractivity contribution is -0.137. The molecule has 8 heteroatoms. The van der Waals surface area contributed by atoms with E-state index in [9.17, 15) is 13.2 Å². The van der Waals surface area contributed by atoms with E-state index >= 15 is 0 Å². The third-order valence-electron chi connectivity index (χ3n) is 2.87. The average Bonchev–Trinajstić information content (AvgIpc) is 2.42. The first-order valence-electron chi connectivity index (χ1n) is 5.96. The number of rotatable bonds is 3. The van der Waals surface area contributed by atoms with Crippen LogP contribution in [0.1, 0.15) is 11.1 Å². The fourth-order valence-corrected chi connectivity index (χ4v) is 1.98. The molecule has 0 saturated heterocycles. The van der Waals surface area contributed by atoms with Crippen molar-refractivity contribution in [3.8, 4) is 0 Å². The molecule has 0 fully saturated rings. The van der Waals surface area contributed by atoms with E-state index < -0.39 is 11.7 Å². The van der Waals surface area contributed by atoms with Crippen molar-refractivity contribution in [1.82, 2.24) is 9.97 Å². The Morgan fingerprint density at radius 2 is 1.81 bits per heavy atom. The molecule has 0 aliphatic carbocycles. The van der Waals surface area contributed by atoms with Crippen LogP contribution in [0.3, 0.4) is 0 Å². The van der Waals surface area contributed by atoms with Gasteiger partial charge in [-0.2, -0.15) is 13.2 Å².